The van der Waals surface area contributed by atoms with Gasteiger partial charge in [-0.05, 0) is 32.6 Å². The van der Waals surface area contributed by atoms with Crippen LogP contribution in [0.4, 0.5) is 19.0 Å². The van der Waals surface area contributed by atoms with E-state index in [9.17, 15) is 22.8 Å². The highest BCUT2D eigenvalue weighted by atomic mass is 32.2. The van der Waals surface area contributed by atoms with Crippen molar-refractivity contribution >= 4 is 29.5 Å². The molecule has 1 aromatic heterocycles. The molecular formula is C16H21F3N4O3S. The highest BCUT2D eigenvalue weighted by Crippen LogP contribution is 2.36. The molecule has 2 rings (SSSR count). The molecule has 1 atom stereocenters. The Hall–Kier alpha value is -2.04. The molecule has 1 aromatic rings. The molecule has 1 amide bonds. The first-order valence-corrected chi connectivity index (χ1v) is 9.39. The van der Waals surface area contributed by atoms with E-state index in [0.717, 1.165) is 29.5 Å². The predicted molar refractivity (Wildman–Crippen MR) is 93.1 cm³/mol. The summed E-state index contributed by atoms with van der Waals surface area (Å²) in [5, 5.41) is 0.0972. The zero-order valence-electron chi connectivity index (χ0n) is 15.0. The molecular weight excluding hydrogens is 385 g/mol. The third-order valence-corrected chi connectivity index (χ3v) is 4.93. The number of thioether (sulfide) groups is 1. The number of carbonyl (C=O) groups is 2. The molecule has 1 saturated carbocycles. The second-order valence-corrected chi connectivity index (χ2v) is 7.12. The highest BCUT2D eigenvalue weighted by molar-refractivity contribution is 7.99. The van der Waals surface area contributed by atoms with Gasteiger partial charge in [-0.2, -0.15) is 13.2 Å². The standard InChI is InChI=1S/C16H21F3N4O3S/c1-3-26-14(25)11-6-21-15(22-13(11)20)27-7-12(24)23(8-16(17,18)19)9(2)10-4-5-10/h6,9-10H,3-5,7-8H2,1-2H3,(H2,20,21,22). The lowest BCUT2D eigenvalue weighted by atomic mass is 10.2. The minimum Gasteiger partial charge on any atom is -0.462 e. The Kier molecular flexibility index (Phi) is 6.90. The van der Waals surface area contributed by atoms with Crippen molar-refractivity contribution in [3.05, 3.63) is 11.8 Å². The van der Waals surface area contributed by atoms with Crippen molar-refractivity contribution in [2.75, 3.05) is 24.6 Å². The summed E-state index contributed by atoms with van der Waals surface area (Å²) >= 11 is 0.867. The summed E-state index contributed by atoms with van der Waals surface area (Å²) in [6, 6.07) is -0.475. The van der Waals surface area contributed by atoms with Crippen molar-refractivity contribution in [3.8, 4) is 0 Å². The van der Waals surface area contributed by atoms with Crippen LogP contribution in [0.3, 0.4) is 0 Å². The van der Waals surface area contributed by atoms with E-state index in [2.05, 4.69) is 9.97 Å². The number of ether oxygens (including phenoxy) is 1. The number of nitrogens with zero attached hydrogens (tertiary/aromatic N) is 3. The van der Waals surface area contributed by atoms with Gasteiger partial charge in [-0.1, -0.05) is 11.8 Å². The molecule has 1 aliphatic carbocycles. The van der Waals surface area contributed by atoms with Gasteiger partial charge in [0.05, 0.1) is 12.4 Å². The number of halogens is 3. The van der Waals surface area contributed by atoms with Gasteiger partial charge in [0.15, 0.2) is 5.16 Å². The van der Waals surface area contributed by atoms with Crippen LogP contribution < -0.4 is 5.73 Å². The van der Waals surface area contributed by atoms with Gasteiger partial charge in [-0.3, -0.25) is 4.79 Å². The molecule has 0 bridgehead atoms. The molecule has 0 aliphatic heterocycles. The van der Waals surface area contributed by atoms with E-state index in [1.807, 2.05) is 0 Å². The van der Waals surface area contributed by atoms with E-state index in [-0.39, 0.29) is 34.8 Å². The van der Waals surface area contributed by atoms with Crippen LogP contribution in [-0.4, -0.2) is 57.9 Å². The van der Waals surface area contributed by atoms with Crippen LogP contribution in [0.2, 0.25) is 0 Å². The number of amides is 1. The number of rotatable bonds is 8. The Balaban J connectivity index is 2.01. The average molecular weight is 406 g/mol. The van der Waals surface area contributed by atoms with Crippen molar-refractivity contribution in [1.82, 2.24) is 14.9 Å². The number of alkyl halides is 3. The van der Waals surface area contributed by atoms with Crippen LogP contribution in [0.15, 0.2) is 11.4 Å². The normalized spacial score (nSPS) is 15.3. The predicted octanol–water partition coefficient (Wildman–Crippen LogP) is 2.52. The van der Waals surface area contributed by atoms with Gasteiger partial charge in [-0.25, -0.2) is 14.8 Å². The van der Waals surface area contributed by atoms with Crippen molar-refractivity contribution in [3.63, 3.8) is 0 Å². The summed E-state index contributed by atoms with van der Waals surface area (Å²) < 4.78 is 43.3. The molecule has 27 heavy (non-hydrogen) atoms. The molecule has 0 saturated heterocycles. The first kappa shape index (κ1) is 21.3. The van der Waals surface area contributed by atoms with Crippen LogP contribution in [0.1, 0.15) is 37.0 Å². The number of nitrogen functional groups attached to an aromatic ring is 1. The van der Waals surface area contributed by atoms with Crippen LogP contribution >= 0.6 is 11.8 Å². The number of hydrogen-bond acceptors (Lipinski definition) is 7. The third kappa shape index (κ3) is 6.26. The van der Waals surface area contributed by atoms with Crippen molar-refractivity contribution in [1.29, 1.82) is 0 Å². The Morgan fingerprint density at radius 3 is 2.63 bits per heavy atom. The maximum absolute atomic E-state index is 12.8. The minimum atomic E-state index is -4.47. The number of esters is 1. The van der Waals surface area contributed by atoms with E-state index in [1.54, 1.807) is 13.8 Å². The van der Waals surface area contributed by atoms with Crippen LogP contribution in [0, 0.1) is 5.92 Å². The fourth-order valence-electron chi connectivity index (χ4n) is 2.51. The summed E-state index contributed by atoms with van der Waals surface area (Å²) in [6.07, 6.45) is -1.64. The van der Waals surface area contributed by atoms with E-state index < -0.39 is 30.6 Å². The molecule has 1 fully saturated rings. The van der Waals surface area contributed by atoms with Gasteiger partial charge < -0.3 is 15.4 Å². The van der Waals surface area contributed by atoms with Crippen molar-refractivity contribution < 1.29 is 27.5 Å². The van der Waals surface area contributed by atoms with Crippen molar-refractivity contribution in [2.45, 2.75) is 44.1 Å². The molecule has 2 N–H and O–H groups in total. The van der Waals surface area contributed by atoms with Gasteiger partial charge >= 0.3 is 12.1 Å². The van der Waals surface area contributed by atoms with Gasteiger partial charge in [0, 0.05) is 12.2 Å². The summed E-state index contributed by atoms with van der Waals surface area (Å²) in [7, 11) is 0. The molecule has 1 heterocycles. The van der Waals surface area contributed by atoms with Crippen molar-refractivity contribution in [2.24, 2.45) is 5.92 Å². The number of carbonyl (C=O) groups excluding carboxylic acids is 2. The molecule has 1 aliphatic rings. The zero-order valence-corrected chi connectivity index (χ0v) is 15.8. The molecule has 0 aromatic carbocycles. The lowest BCUT2D eigenvalue weighted by molar-refractivity contribution is -0.164. The second-order valence-electron chi connectivity index (χ2n) is 6.18. The maximum atomic E-state index is 12.8. The van der Waals surface area contributed by atoms with E-state index in [1.165, 1.54) is 6.20 Å². The molecule has 1 unspecified atom stereocenters. The number of aromatic nitrogens is 2. The molecule has 7 nitrogen and oxygen atoms in total. The summed E-state index contributed by atoms with van der Waals surface area (Å²) in [5.41, 5.74) is 5.68. The first-order valence-electron chi connectivity index (χ1n) is 8.41. The highest BCUT2D eigenvalue weighted by Gasteiger charge is 2.40. The third-order valence-electron chi connectivity index (χ3n) is 4.08. The monoisotopic (exact) mass is 406 g/mol. The number of hydrogen-bond donors (Lipinski definition) is 1. The zero-order chi connectivity index (χ0) is 20.2. The number of nitrogens with two attached hydrogens (primary N) is 1. The maximum Gasteiger partial charge on any atom is 0.406 e. The van der Waals surface area contributed by atoms with Crippen LogP contribution in [0.5, 0.6) is 0 Å². The fourth-order valence-corrected chi connectivity index (χ4v) is 3.22. The number of anilines is 1. The Bertz CT molecular complexity index is 698. The Morgan fingerprint density at radius 2 is 2.11 bits per heavy atom. The summed E-state index contributed by atoms with van der Waals surface area (Å²) in [6.45, 7) is 2.15. The van der Waals surface area contributed by atoms with Gasteiger partial charge in [0.2, 0.25) is 5.91 Å². The lowest BCUT2D eigenvalue weighted by Gasteiger charge is -2.30. The molecule has 11 heteroatoms. The topological polar surface area (TPSA) is 98.4 Å². The first-order chi connectivity index (χ1) is 12.6. The average Bonchev–Trinajstić information content (AvgIpc) is 3.41. The van der Waals surface area contributed by atoms with E-state index in [0.29, 0.717) is 0 Å². The minimum absolute atomic E-state index is 0.00594. The van der Waals surface area contributed by atoms with Gasteiger partial charge in [0.25, 0.3) is 0 Å². The Morgan fingerprint density at radius 1 is 1.44 bits per heavy atom. The Labute approximate surface area is 158 Å². The second kappa shape index (κ2) is 8.77. The van der Waals surface area contributed by atoms with Gasteiger partial charge in [-0.15, -0.1) is 0 Å². The van der Waals surface area contributed by atoms with Crippen LogP contribution in [-0.2, 0) is 9.53 Å². The molecule has 150 valence electrons. The molecule has 0 spiro atoms. The smallest absolute Gasteiger partial charge is 0.406 e. The SMILES string of the molecule is CCOC(=O)c1cnc(SCC(=O)N(CC(F)(F)F)C(C)C2CC2)nc1N. The summed E-state index contributed by atoms with van der Waals surface area (Å²) in [4.78, 5) is 32.7. The quantitative estimate of drug-likeness (QED) is 0.402. The lowest BCUT2D eigenvalue weighted by Crippen LogP contribution is -2.46. The fraction of sp³-hybridized carbons (Fsp3) is 0.625. The van der Waals surface area contributed by atoms with E-state index in [4.69, 9.17) is 10.5 Å². The molecule has 0 radical (unpaired) electrons. The summed E-state index contributed by atoms with van der Waals surface area (Å²) in [5.74, 6) is -1.58. The van der Waals surface area contributed by atoms with E-state index >= 15 is 0 Å². The van der Waals surface area contributed by atoms with Gasteiger partial charge in [0.1, 0.15) is 17.9 Å². The van der Waals surface area contributed by atoms with Crippen LogP contribution in [0.25, 0.3) is 0 Å². The largest absolute Gasteiger partial charge is 0.462 e.